The molecule has 10 heavy (non-hydrogen) atoms. The Morgan fingerprint density at radius 1 is 1.20 bits per heavy atom. The lowest BCUT2D eigenvalue weighted by molar-refractivity contribution is -0.297. The first kappa shape index (κ1) is 8.11. The molecule has 1 fully saturated rings. The Balaban J connectivity index is 2.85. The molecule has 0 saturated heterocycles. The van der Waals surface area contributed by atoms with Crippen molar-refractivity contribution in [2.45, 2.75) is 30.1 Å². The van der Waals surface area contributed by atoms with Crippen LogP contribution in [0.3, 0.4) is 0 Å². The topological polar surface area (TPSA) is 0 Å². The van der Waals surface area contributed by atoms with Crippen molar-refractivity contribution < 1.29 is 17.6 Å². The van der Waals surface area contributed by atoms with Gasteiger partial charge in [0.05, 0.1) is 0 Å². The molecule has 60 valence electrons. The second-order valence-electron chi connectivity index (χ2n) is 2.65. The number of alkyl halides is 5. The van der Waals surface area contributed by atoms with E-state index in [0.717, 1.165) is 6.92 Å². The lowest BCUT2D eigenvalue weighted by Gasteiger charge is -2.47. The third kappa shape index (κ3) is 0.683. The third-order valence-corrected chi connectivity index (χ3v) is 2.04. The zero-order chi connectivity index (χ0) is 8.21. The van der Waals surface area contributed by atoms with Crippen LogP contribution in [0.4, 0.5) is 17.6 Å². The second kappa shape index (κ2) is 1.60. The quantitative estimate of drug-likeness (QED) is 0.393. The van der Waals surface area contributed by atoms with Gasteiger partial charge >= 0.3 is 11.8 Å². The maximum Gasteiger partial charge on any atom is 0.328 e. The van der Waals surface area contributed by atoms with Gasteiger partial charge in [-0.3, -0.25) is 0 Å². The summed E-state index contributed by atoms with van der Waals surface area (Å²) < 4.78 is 48.4. The Morgan fingerprint density at radius 3 is 1.60 bits per heavy atom. The molecule has 1 aliphatic carbocycles. The van der Waals surface area contributed by atoms with E-state index in [4.69, 9.17) is 11.6 Å². The van der Waals surface area contributed by atoms with E-state index in [2.05, 4.69) is 0 Å². The van der Waals surface area contributed by atoms with Gasteiger partial charge in [0, 0.05) is 6.42 Å². The van der Waals surface area contributed by atoms with Gasteiger partial charge in [0.25, 0.3) is 0 Å². The van der Waals surface area contributed by atoms with Crippen LogP contribution < -0.4 is 0 Å². The van der Waals surface area contributed by atoms with Crippen LogP contribution in [0.25, 0.3) is 0 Å². The van der Waals surface area contributed by atoms with Crippen molar-refractivity contribution in [1.29, 1.82) is 0 Å². The van der Waals surface area contributed by atoms with E-state index in [1.807, 2.05) is 0 Å². The molecule has 0 bridgehead atoms. The summed E-state index contributed by atoms with van der Waals surface area (Å²) in [6, 6.07) is 0. The highest BCUT2D eigenvalue weighted by atomic mass is 35.5. The summed E-state index contributed by atoms with van der Waals surface area (Å²) in [6.45, 7) is 0.909. The highest BCUT2D eigenvalue weighted by Crippen LogP contribution is 2.60. The molecular formula is C5H5ClF4. The summed E-state index contributed by atoms with van der Waals surface area (Å²) in [6.07, 6.45) is -0.950. The van der Waals surface area contributed by atoms with Crippen molar-refractivity contribution in [3.63, 3.8) is 0 Å². The van der Waals surface area contributed by atoms with Gasteiger partial charge in [-0.25, -0.2) is 0 Å². The zero-order valence-electron chi connectivity index (χ0n) is 5.10. The molecule has 0 aliphatic heterocycles. The minimum Gasteiger partial charge on any atom is -0.200 e. The fraction of sp³-hybridized carbons (Fsp3) is 1.00. The van der Waals surface area contributed by atoms with E-state index in [-0.39, 0.29) is 0 Å². The number of hydrogen-bond acceptors (Lipinski definition) is 0. The summed E-state index contributed by atoms with van der Waals surface area (Å²) in [4.78, 5) is -2.06. The zero-order valence-corrected chi connectivity index (χ0v) is 5.85. The van der Waals surface area contributed by atoms with Crippen LogP contribution in [0.1, 0.15) is 13.3 Å². The molecule has 0 spiro atoms. The first-order valence-electron chi connectivity index (χ1n) is 2.65. The molecule has 0 aromatic rings. The normalized spacial score (nSPS) is 42.6. The van der Waals surface area contributed by atoms with E-state index in [0.29, 0.717) is 0 Å². The SMILES string of the molecule is CC1(Cl)CC(F)(F)C1(F)F. The van der Waals surface area contributed by atoms with E-state index in [1.165, 1.54) is 0 Å². The number of halogens is 5. The predicted molar refractivity (Wildman–Crippen MR) is 28.8 cm³/mol. The molecule has 0 heterocycles. The highest BCUT2D eigenvalue weighted by molar-refractivity contribution is 6.25. The Morgan fingerprint density at radius 2 is 1.60 bits per heavy atom. The van der Waals surface area contributed by atoms with Crippen LogP contribution in [-0.4, -0.2) is 16.7 Å². The van der Waals surface area contributed by atoms with Gasteiger partial charge in [-0.15, -0.1) is 11.6 Å². The van der Waals surface area contributed by atoms with Gasteiger partial charge in [0.15, 0.2) is 0 Å². The van der Waals surface area contributed by atoms with Gasteiger partial charge in [0.2, 0.25) is 0 Å². The average Bonchev–Trinajstić information content (AvgIpc) is 1.61. The van der Waals surface area contributed by atoms with Crippen molar-refractivity contribution in [3.05, 3.63) is 0 Å². The van der Waals surface area contributed by atoms with E-state index >= 15 is 0 Å². The second-order valence-corrected chi connectivity index (χ2v) is 3.49. The Bertz CT molecular complexity index is 147. The maximum absolute atomic E-state index is 12.2. The van der Waals surface area contributed by atoms with Crippen molar-refractivity contribution >= 4 is 11.6 Å². The van der Waals surface area contributed by atoms with Gasteiger partial charge < -0.3 is 0 Å². The van der Waals surface area contributed by atoms with Crippen molar-refractivity contribution in [1.82, 2.24) is 0 Å². The van der Waals surface area contributed by atoms with Crippen molar-refractivity contribution in [2.24, 2.45) is 0 Å². The van der Waals surface area contributed by atoms with Gasteiger partial charge in [0.1, 0.15) is 4.87 Å². The molecule has 0 radical (unpaired) electrons. The largest absolute Gasteiger partial charge is 0.328 e. The fourth-order valence-electron chi connectivity index (χ4n) is 0.914. The monoisotopic (exact) mass is 176 g/mol. The lowest BCUT2D eigenvalue weighted by atomic mass is 9.77. The summed E-state index contributed by atoms with van der Waals surface area (Å²) in [7, 11) is 0. The minimum absolute atomic E-state index is 0.909. The molecule has 0 N–H and O–H groups in total. The molecule has 0 aromatic heterocycles. The van der Waals surface area contributed by atoms with Crippen molar-refractivity contribution in [3.8, 4) is 0 Å². The van der Waals surface area contributed by atoms with Crippen LogP contribution in [0.15, 0.2) is 0 Å². The fourth-order valence-corrected chi connectivity index (χ4v) is 1.22. The summed E-state index contributed by atoms with van der Waals surface area (Å²) in [5.74, 6) is -7.97. The van der Waals surface area contributed by atoms with Gasteiger partial charge in [-0.2, -0.15) is 17.6 Å². The van der Waals surface area contributed by atoms with Crippen molar-refractivity contribution in [2.75, 3.05) is 0 Å². The minimum atomic E-state index is -4.05. The van der Waals surface area contributed by atoms with Crippen LogP contribution in [0, 0.1) is 0 Å². The molecule has 1 aliphatic rings. The first-order valence-corrected chi connectivity index (χ1v) is 3.03. The average molecular weight is 177 g/mol. The lowest BCUT2D eigenvalue weighted by Crippen LogP contribution is -2.67. The standard InChI is InChI=1S/C5H5ClF4/c1-3(6)2-4(7,8)5(3,9)10/h2H2,1H3. The number of hydrogen-bond donors (Lipinski definition) is 0. The first-order chi connectivity index (χ1) is 4.21. The molecule has 5 heteroatoms. The maximum atomic E-state index is 12.2. The van der Waals surface area contributed by atoms with Crippen LogP contribution in [0.5, 0.6) is 0 Å². The summed E-state index contributed by atoms with van der Waals surface area (Å²) in [5.41, 5.74) is 0. The van der Waals surface area contributed by atoms with Crippen LogP contribution >= 0.6 is 11.6 Å². The van der Waals surface area contributed by atoms with Crippen LogP contribution in [-0.2, 0) is 0 Å². The summed E-state index contributed by atoms with van der Waals surface area (Å²) in [5, 5.41) is 0. The Hall–Kier alpha value is 0.01000. The van der Waals surface area contributed by atoms with Crippen LogP contribution in [0.2, 0.25) is 0 Å². The summed E-state index contributed by atoms with van der Waals surface area (Å²) >= 11 is 5.05. The van der Waals surface area contributed by atoms with E-state index < -0.39 is 23.1 Å². The smallest absolute Gasteiger partial charge is 0.200 e. The molecule has 1 rings (SSSR count). The Labute approximate surface area is 60.2 Å². The molecule has 0 nitrogen and oxygen atoms in total. The third-order valence-electron chi connectivity index (χ3n) is 1.67. The molecule has 1 unspecified atom stereocenters. The molecule has 1 saturated carbocycles. The number of rotatable bonds is 0. The molecule has 1 atom stereocenters. The Kier molecular flexibility index (Phi) is 1.30. The van der Waals surface area contributed by atoms with Gasteiger partial charge in [-0.05, 0) is 6.92 Å². The van der Waals surface area contributed by atoms with E-state index in [1.54, 1.807) is 0 Å². The molecule has 0 amide bonds. The van der Waals surface area contributed by atoms with E-state index in [9.17, 15) is 17.6 Å². The van der Waals surface area contributed by atoms with Gasteiger partial charge in [-0.1, -0.05) is 0 Å². The molecule has 0 aromatic carbocycles. The molecular weight excluding hydrogens is 172 g/mol. The highest BCUT2D eigenvalue weighted by Gasteiger charge is 2.78. The predicted octanol–water partition coefficient (Wildman–Crippen LogP) is 2.66.